The molecular formula is C18H20ClN3O2S. The average Bonchev–Trinajstić information content (AvgIpc) is 2.98. The normalized spacial score (nSPS) is 11.9. The first kappa shape index (κ1) is 17.9. The lowest BCUT2D eigenvalue weighted by atomic mass is 10.2. The van der Waals surface area contributed by atoms with E-state index in [2.05, 4.69) is 16.6 Å². The van der Waals surface area contributed by atoms with Gasteiger partial charge in [-0.25, -0.2) is 18.1 Å². The molecule has 0 amide bonds. The first-order valence-electron chi connectivity index (χ1n) is 8.19. The van der Waals surface area contributed by atoms with Gasteiger partial charge in [-0.2, -0.15) is 0 Å². The quantitative estimate of drug-likeness (QED) is 0.677. The van der Waals surface area contributed by atoms with E-state index in [1.54, 1.807) is 42.7 Å². The number of aromatic nitrogens is 2. The zero-order valence-corrected chi connectivity index (χ0v) is 15.5. The van der Waals surface area contributed by atoms with E-state index < -0.39 is 10.0 Å². The van der Waals surface area contributed by atoms with Crippen molar-refractivity contribution in [3.63, 3.8) is 0 Å². The fraction of sp³-hybridized carbons (Fsp3) is 0.278. The topological polar surface area (TPSA) is 64.0 Å². The van der Waals surface area contributed by atoms with Crippen molar-refractivity contribution in [1.29, 1.82) is 0 Å². The van der Waals surface area contributed by atoms with Gasteiger partial charge < -0.3 is 4.57 Å². The lowest BCUT2D eigenvalue weighted by Gasteiger charge is -2.06. The molecule has 132 valence electrons. The molecule has 2 aromatic heterocycles. The smallest absolute Gasteiger partial charge is 0.243 e. The Balaban J connectivity index is 1.91. The number of unbranched alkanes of at least 4 members (excludes halogenated alkanes) is 1. The van der Waals surface area contributed by atoms with Crippen LogP contribution in [0.2, 0.25) is 5.02 Å². The highest BCUT2D eigenvalue weighted by Crippen LogP contribution is 2.24. The minimum atomic E-state index is -3.66. The number of benzene rings is 1. The molecule has 0 fully saturated rings. The molecule has 1 aromatic carbocycles. The summed E-state index contributed by atoms with van der Waals surface area (Å²) >= 11 is 5.95. The third-order valence-electron chi connectivity index (χ3n) is 3.99. The van der Waals surface area contributed by atoms with Gasteiger partial charge >= 0.3 is 0 Å². The summed E-state index contributed by atoms with van der Waals surface area (Å²) in [5.74, 6) is 0. The van der Waals surface area contributed by atoms with Gasteiger partial charge in [0, 0.05) is 35.9 Å². The van der Waals surface area contributed by atoms with E-state index in [1.807, 2.05) is 10.6 Å². The molecule has 0 aliphatic rings. The summed E-state index contributed by atoms with van der Waals surface area (Å²) in [5.41, 5.74) is 1.50. The predicted molar refractivity (Wildman–Crippen MR) is 100 cm³/mol. The lowest BCUT2D eigenvalue weighted by molar-refractivity contribution is 0.580. The van der Waals surface area contributed by atoms with Crippen LogP contribution >= 0.6 is 11.6 Å². The van der Waals surface area contributed by atoms with Gasteiger partial charge in [-0.15, -0.1) is 0 Å². The molecule has 0 unspecified atom stereocenters. The van der Waals surface area contributed by atoms with Gasteiger partial charge in [-0.05, 0) is 36.2 Å². The van der Waals surface area contributed by atoms with Gasteiger partial charge in [0.1, 0.15) is 10.5 Å². The summed E-state index contributed by atoms with van der Waals surface area (Å²) in [5, 5.41) is 1.22. The van der Waals surface area contributed by atoms with Gasteiger partial charge in [0.25, 0.3) is 0 Å². The van der Waals surface area contributed by atoms with Crippen LogP contribution in [0.5, 0.6) is 0 Å². The van der Waals surface area contributed by atoms with Gasteiger partial charge in [-0.1, -0.05) is 37.1 Å². The van der Waals surface area contributed by atoms with Crippen LogP contribution in [-0.4, -0.2) is 18.0 Å². The Morgan fingerprint density at radius 1 is 1.24 bits per heavy atom. The standard InChI is InChI=1S/C18H20ClN3O2S/c1-2-3-10-22-13-17(16-8-5-9-20-18(16)22)25(23,24)21-12-14-6-4-7-15(19)11-14/h4-9,11,13,21H,2-3,10,12H2,1H3. The second kappa shape index (κ2) is 7.56. The zero-order valence-electron chi connectivity index (χ0n) is 13.9. The predicted octanol–water partition coefficient (Wildman–Crippen LogP) is 3.97. The number of halogens is 1. The molecule has 3 aromatic rings. The molecule has 0 aliphatic carbocycles. The highest BCUT2D eigenvalue weighted by atomic mass is 35.5. The van der Waals surface area contributed by atoms with Crippen molar-refractivity contribution in [2.45, 2.75) is 37.8 Å². The maximum Gasteiger partial charge on any atom is 0.243 e. The van der Waals surface area contributed by atoms with Crippen LogP contribution in [0.3, 0.4) is 0 Å². The SMILES string of the molecule is CCCCn1cc(S(=O)(=O)NCc2cccc(Cl)c2)c2cccnc21. The van der Waals surface area contributed by atoms with Crippen molar-refractivity contribution >= 4 is 32.7 Å². The first-order chi connectivity index (χ1) is 12.0. The maximum absolute atomic E-state index is 12.8. The third kappa shape index (κ3) is 4.03. The Hall–Kier alpha value is -1.89. The molecule has 0 radical (unpaired) electrons. The molecule has 0 atom stereocenters. The Labute approximate surface area is 152 Å². The van der Waals surface area contributed by atoms with Crippen LogP contribution in [0.4, 0.5) is 0 Å². The van der Waals surface area contributed by atoms with E-state index in [0.717, 1.165) is 24.9 Å². The van der Waals surface area contributed by atoms with Crippen LogP contribution in [0, 0.1) is 0 Å². The molecule has 0 saturated heterocycles. The van der Waals surface area contributed by atoms with E-state index in [0.29, 0.717) is 16.1 Å². The summed E-state index contributed by atoms with van der Waals surface area (Å²) in [4.78, 5) is 4.61. The van der Waals surface area contributed by atoms with Crippen molar-refractivity contribution in [3.05, 3.63) is 59.4 Å². The van der Waals surface area contributed by atoms with Gasteiger partial charge in [0.15, 0.2) is 0 Å². The molecule has 25 heavy (non-hydrogen) atoms. The third-order valence-corrected chi connectivity index (χ3v) is 5.66. The number of nitrogens with zero attached hydrogens (tertiary/aromatic N) is 2. The Morgan fingerprint density at radius 2 is 2.08 bits per heavy atom. The Morgan fingerprint density at radius 3 is 2.84 bits per heavy atom. The van der Waals surface area contributed by atoms with Crippen LogP contribution in [0.25, 0.3) is 11.0 Å². The summed E-state index contributed by atoms with van der Waals surface area (Å²) in [7, 11) is -3.66. The van der Waals surface area contributed by atoms with E-state index in [4.69, 9.17) is 11.6 Å². The molecule has 0 aliphatic heterocycles. The van der Waals surface area contributed by atoms with E-state index in [1.165, 1.54) is 0 Å². The van der Waals surface area contributed by atoms with Crippen molar-refractivity contribution in [2.75, 3.05) is 0 Å². The van der Waals surface area contributed by atoms with Crippen LogP contribution in [0.15, 0.2) is 53.7 Å². The number of rotatable bonds is 7. The molecule has 2 heterocycles. The Kier molecular flexibility index (Phi) is 5.42. The lowest BCUT2D eigenvalue weighted by Crippen LogP contribution is -2.23. The molecule has 1 N–H and O–H groups in total. The highest BCUT2D eigenvalue weighted by Gasteiger charge is 2.21. The molecular weight excluding hydrogens is 358 g/mol. The van der Waals surface area contributed by atoms with Crippen molar-refractivity contribution < 1.29 is 8.42 Å². The van der Waals surface area contributed by atoms with E-state index in [-0.39, 0.29) is 11.4 Å². The number of pyridine rings is 1. The van der Waals surface area contributed by atoms with E-state index >= 15 is 0 Å². The monoisotopic (exact) mass is 377 g/mol. The number of nitrogens with one attached hydrogen (secondary N) is 1. The second-order valence-electron chi connectivity index (χ2n) is 5.87. The number of hydrogen-bond donors (Lipinski definition) is 1. The van der Waals surface area contributed by atoms with Gasteiger partial charge in [0.2, 0.25) is 10.0 Å². The van der Waals surface area contributed by atoms with Crippen molar-refractivity contribution in [1.82, 2.24) is 14.3 Å². The molecule has 0 bridgehead atoms. The number of fused-ring (bicyclic) bond motifs is 1. The zero-order chi connectivity index (χ0) is 17.9. The minimum absolute atomic E-state index is 0.185. The average molecular weight is 378 g/mol. The molecule has 7 heteroatoms. The molecule has 5 nitrogen and oxygen atoms in total. The molecule has 3 rings (SSSR count). The molecule has 0 spiro atoms. The largest absolute Gasteiger partial charge is 0.331 e. The fourth-order valence-electron chi connectivity index (χ4n) is 2.71. The van der Waals surface area contributed by atoms with E-state index in [9.17, 15) is 8.42 Å². The van der Waals surface area contributed by atoms with Gasteiger partial charge in [-0.3, -0.25) is 0 Å². The summed E-state index contributed by atoms with van der Waals surface area (Å²) in [6, 6.07) is 10.7. The van der Waals surface area contributed by atoms with Gasteiger partial charge in [0.05, 0.1) is 0 Å². The van der Waals surface area contributed by atoms with Crippen LogP contribution in [0.1, 0.15) is 25.3 Å². The van der Waals surface area contributed by atoms with Crippen LogP contribution in [-0.2, 0) is 23.1 Å². The summed E-state index contributed by atoms with van der Waals surface area (Å²) in [6.07, 6.45) is 5.35. The Bertz CT molecular complexity index is 983. The highest BCUT2D eigenvalue weighted by molar-refractivity contribution is 7.89. The summed E-state index contributed by atoms with van der Waals surface area (Å²) in [6.45, 7) is 3.03. The number of sulfonamides is 1. The first-order valence-corrected chi connectivity index (χ1v) is 10.1. The minimum Gasteiger partial charge on any atom is -0.331 e. The number of hydrogen-bond acceptors (Lipinski definition) is 3. The van der Waals surface area contributed by atoms with Crippen molar-refractivity contribution in [2.24, 2.45) is 0 Å². The molecule has 0 saturated carbocycles. The second-order valence-corrected chi connectivity index (χ2v) is 8.04. The number of aryl methyl sites for hydroxylation is 1. The van der Waals surface area contributed by atoms with Crippen molar-refractivity contribution in [3.8, 4) is 0 Å². The maximum atomic E-state index is 12.8. The summed E-state index contributed by atoms with van der Waals surface area (Å²) < 4.78 is 30.2. The van der Waals surface area contributed by atoms with Crippen LogP contribution < -0.4 is 4.72 Å². The fourth-order valence-corrected chi connectivity index (χ4v) is 4.15.